The maximum atomic E-state index is 12.2. The molecule has 2 rings (SSSR count). The number of halogens is 3. The highest BCUT2D eigenvalue weighted by atomic mass is 32.2. The first-order valence-corrected chi connectivity index (χ1v) is 10.0. The lowest BCUT2D eigenvalue weighted by molar-refractivity contribution is -0.141. The fourth-order valence-corrected chi connectivity index (χ4v) is 3.41. The first-order valence-electron chi connectivity index (χ1n) is 8.47. The van der Waals surface area contributed by atoms with Gasteiger partial charge in [-0.3, -0.25) is 14.5 Å². The first-order chi connectivity index (χ1) is 13.0. The van der Waals surface area contributed by atoms with Gasteiger partial charge in [-0.15, -0.1) is 0 Å². The molecule has 4 N–H and O–H groups in total. The van der Waals surface area contributed by atoms with E-state index >= 15 is 0 Å². The van der Waals surface area contributed by atoms with Gasteiger partial charge < -0.3 is 10.6 Å². The lowest BCUT2D eigenvalue weighted by Gasteiger charge is -2.23. The number of benzene rings is 1. The van der Waals surface area contributed by atoms with Gasteiger partial charge in [-0.25, -0.2) is 13.6 Å². The molecule has 12 heteroatoms. The number of amides is 2. The molecule has 1 atom stereocenters. The second-order valence-electron chi connectivity index (χ2n) is 6.39. The second-order valence-corrected chi connectivity index (χ2v) is 7.96. The Balaban J connectivity index is 1.83. The topological polar surface area (TPSA) is 122 Å². The monoisotopic (exact) mass is 422 g/mol. The minimum Gasteiger partial charge on any atom is -0.346 e. The third kappa shape index (κ3) is 6.77. The molecule has 1 aromatic rings. The molecule has 1 fully saturated rings. The Morgan fingerprint density at radius 1 is 1.21 bits per heavy atom. The molecular formula is C16H21F3N4O4S. The average Bonchev–Trinajstić information content (AvgIpc) is 3.05. The summed E-state index contributed by atoms with van der Waals surface area (Å²) in [5.74, 6) is -1.07. The molecule has 1 unspecified atom stereocenters. The molecule has 156 valence electrons. The van der Waals surface area contributed by atoms with Crippen LogP contribution in [0.15, 0.2) is 29.2 Å². The van der Waals surface area contributed by atoms with Crippen molar-refractivity contribution in [1.82, 2.24) is 10.2 Å². The van der Waals surface area contributed by atoms with Crippen LogP contribution < -0.4 is 15.8 Å². The Hall–Kier alpha value is -2.18. The van der Waals surface area contributed by atoms with Crippen LogP contribution in [0.1, 0.15) is 19.3 Å². The molecule has 2 amide bonds. The van der Waals surface area contributed by atoms with E-state index in [0.29, 0.717) is 25.1 Å². The Morgan fingerprint density at radius 3 is 2.43 bits per heavy atom. The smallest absolute Gasteiger partial charge is 0.346 e. The molecule has 8 nitrogen and oxygen atoms in total. The summed E-state index contributed by atoms with van der Waals surface area (Å²) in [4.78, 5) is 25.6. The van der Waals surface area contributed by atoms with Gasteiger partial charge in [0.2, 0.25) is 21.8 Å². The van der Waals surface area contributed by atoms with Crippen LogP contribution in [0, 0.1) is 0 Å². The number of nitrogens with one attached hydrogen (secondary N) is 2. The summed E-state index contributed by atoms with van der Waals surface area (Å²) in [7, 11) is -3.83. The van der Waals surface area contributed by atoms with Crippen molar-refractivity contribution in [3.05, 3.63) is 24.3 Å². The molecular weight excluding hydrogens is 401 g/mol. The van der Waals surface area contributed by atoms with Crippen LogP contribution in [0.4, 0.5) is 18.9 Å². The Bertz CT molecular complexity index is 812. The Labute approximate surface area is 160 Å². The quantitative estimate of drug-likeness (QED) is 0.600. The zero-order valence-electron chi connectivity index (χ0n) is 14.8. The maximum absolute atomic E-state index is 12.2. The zero-order chi connectivity index (χ0) is 20.9. The molecule has 1 aromatic carbocycles. The summed E-state index contributed by atoms with van der Waals surface area (Å²) in [6.07, 6.45) is -3.36. The predicted octanol–water partition coefficient (Wildman–Crippen LogP) is 0.806. The molecule has 0 bridgehead atoms. The van der Waals surface area contributed by atoms with Gasteiger partial charge in [0.05, 0.1) is 10.9 Å². The van der Waals surface area contributed by atoms with Gasteiger partial charge in [0, 0.05) is 18.7 Å². The first kappa shape index (κ1) is 22.1. The van der Waals surface area contributed by atoms with Crippen LogP contribution in [-0.4, -0.2) is 57.0 Å². The number of likely N-dealkylation sites (tertiary alicyclic amines) is 1. The van der Waals surface area contributed by atoms with E-state index in [1.54, 1.807) is 4.90 Å². The van der Waals surface area contributed by atoms with E-state index in [0.717, 1.165) is 0 Å². The summed E-state index contributed by atoms with van der Waals surface area (Å²) < 4.78 is 59.1. The van der Waals surface area contributed by atoms with Crippen LogP contribution in [-0.2, 0) is 19.6 Å². The lowest BCUT2D eigenvalue weighted by atomic mass is 10.2. The molecule has 0 spiro atoms. The van der Waals surface area contributed by atoms with Gasteiger partial charge in [0.15, 0.2) is 0 Å². The van der Waals surface area contributed by atoms with Gasteiger partial charge in [-0.1, -0.05) is 0 Å². The standard InChI is InChI=1S/C16H21F3N4O4S/c17-16(18,19)10-21-15(25)13-2-1-8-23(13)9-7-14(24)22-11-3-5-12(6-4-11)28(20,26)27/h3-6,13H,1-2,7-10H2,(H,21,25)(H,22,24)(H2,20,26,27). The number of primary sulfonamides is 1. The number of carbonyl (C=O) groups is 2. The van der Waals surface area contributed by atoms with Crippen molar-refractivity contribution >= 4 is 27.5 Å². The molecule has 0 aliphatic carbocycles. The van der Waals surface area contributed by atoms with Crippen molar-refractivity contribution in [2.24, 2.45) is 5.14 Å². The fourth-order valence-electron chi connectivity index (χ4n) is 2.89. The summed E-state index contributed by atoms with van der Waals surface area (Å²) >= 11 is 0. The molecule has 0 radical (unpaired) electrons. The van der Waals surface area contributed by atoms with Gasteiger partial charge in [-0.05, 0) is 43.7 Å². The van der Waals surface area contributed by atoms with Gasteiger partial charge in [0.25, 0.3) is 0 Å². The molecule has 1 aliphatic rings. The van der Waals surface area contributed by atoms with E-state index in [1.807, 2.05) is 5.32 Å². The predicted molar refractivity (Wildman–Crippen MR) is 94.7 cm³/mol. The van der Waals surface area contributed by atoms with E-state index in [2.05, 4.69) is 5.32 Å². The molecule has 0 saturated carbocycles. The van der Waals surface area contributed by atoms with Gasteiger partial charge >= 0.3 is 6.18 Å². The van der Waals surface area contributed by atoms with E-state index in [4.69, 9.17) is 5.14 Å². The molecule has 28 heavy (non-hydrogen) atoms. The van der Waals surface area contributed by atoms with Gasteiger partial charge in [-0.2, -0.15) is 13.2 Å². The SMILES string of the molecule is NS(=O)(=O)c1ccc(NC(=O)CCN2CCCC2C(=O)NCC(F)(F)F)cc1. The molecule has 1 heterocycles. The molecule has 1 aliphatic heterocycles. The molecule has 1 saturated heterocycles. The third-order valence-electron chi connectivity index (χ3n) is 4.22. The highest BCUT2D eigenvalue weighted by molar-refractivity contribution is 7.89. The van der Waals surface area contributed by atoms with Crippen molar-refractivity contribution in [3.8, 4) is 0 Å². The number of hydrogen-bond acceptors (Lipinski definition) is 5. The van der Waals surface area contributed by atoms with E-state index < -0.39 is 34.7 Å². The highest BCUT2D eigenvalue weighted by Crippen LogP contribution is 2.19. The highest BCUT2D eigenvalue weighted by Gasteiger charge is 2.34. The van der Waals surface area contributed by atoms with Crippen LogP contribution in [0.5, 0.6) is 0 Å². The van der Waals surface area contributed by atoms with E-state index in [1.165, 1.54) is 24.3 Å². The summed E-state index contributed by atoms with van der Waals surface area (Å²) in [5.41, 5.74) is 0.373. The number of nitrogens with two attached hydrogens (primary N) is 1. The minimum atomic E-state index is -4.47. The zero-order valence-corrected chi connectivity index (χ0v) is 15.6. The van der Waals surface area contributed by atoms with Crippen LogP contribution in [0.25, 0.3) is 0 Å². The van der Waals surface area contributed by atoms with Crippen molar-refractivity contribution in [2.45, 2.75) is 36.4 Å². The number of hydrogen-bond donors (Lipinski definition) is 3. The fraction of sp³-hybridized carbons (Fsp3) is 0.500. The van der Waals surface area contributed by atoms with Crippen LogP contribution >= 0.6 is 0 Å². The number of sulfonamides is 1. The normalized spacial score (nSPS) is 18.1. The minimum absolute atomic E-state index is 0.0278. The Kier molecular flexibility index (Phi) is 7.01. The summed E-state index contributed by atoms with van der Waals surface area (Å²) in [6.45, 7) is -0.656. The average molecular weight is 422 g/mol. The summed E-state index contributed by atoms with van der Waals surface area (Å²) in [5, 5.41) is 9.45. The van der Waals surface area contributed by atoms with Gasteiger partial charge in [0.1, 0.15) is 6.54 Å². The van der Waals surface area contributed by atoms with E-state index in [-0.39, 0.29) is 23.8 Å². The second kappa shape index (κ2) is 8.88. The maximum Gasteiger partial charge on any atom is 0.405 e. The lowest BCUT2D eigenvalue weighted by Crippen LogP contribution is -2.46. The largest absolute Gasteiger partial charge is 0.405 e. The molecule has 0 aromatic heterocycles. The van der Waals surface area contributed by atoms with Crippen molar-refractivity contribution in [2.75, 3.05) is 25.0 Å². The van der Waals surface area contributed by atoms with Crippen molar-refractivity contribution < 1.29 is 31.2 Å². The van der Waals surface area contributed by atoms with Crippen molar-refractivity contribution in [1.29, 1.82) is 0 Å². The third-order valence-corrected chi connectivity index (χ3v) is 5.15. The summed E-state index contributed by atoms with van der Waals surface area (Å²) in [6, 6.07) is 4.60. The van der Waals surface area contributed by atoms with Crippen LogP contribution in [0.2, 0.25) is 0 Å². The number of anilines is 1. The van der Waals surface area contributed by atoms with Crippen LogP contribution in [0.3, 0.4) is 0 Å². The Morgan fingerprint density at radius 2 is 1.86 bits per heavy atom. The number of rotatable bonds is 7. The number of alkyl halides is 3. The number of carbonyl (C=O) groups excluding carboxylic acids is 2. The van der Waals surface area contributed by atoms with E-state index in [9.17, 15) is 31.2 Å². The number of nitrogens with zero attached hydrogens (tertiary/aromatic N) is 1. The van der Waals surface area contributed by atoms with Crippen molar-refractivity contribution in [3.63, 3.8) is 0 Å².